The molecule has 0 aliphatic heterocycles. The number of rotatable bonds is 6. The van der Waals surface area contributed by atoms with Crippen molar-refractivity contribution in [2.24, 2.45) is 0 Å². The number of hydrogen-bond donors (Lipinski definition) is 0. The zero-order valence-electron chi connectivity index (χ0n) is 14.8. The summed E-state index contributed by atoms with van der Waals surface area (Å²) in [5.41, 5.74) is 1.11. The number of aryl methyl sites for hydroxylation is 1. The topological polar surface area (TPSA) is 43.4 Å². The summed E-state index contributed by atoms with van der Waals surface area (Å²) in [6, 6.07) is 27.2. The van der Waals surface area contributed by atoms with Gasteiger partial charge in [0.05, 0.1) is 5.75 Å². The average molecular weight is 387 g/mol. The molecule has 3 nitrogen and oxygen atoms in total. The average Bonchev–Trinajstić information content (AvgIpc) is 2.68. The summed E-state index contributed by atoms with van der Waals surface area (Å²) in [6.45, 7) is 3.61. The molecule has 0 fully saturated rings. The SMILES string of the molecule is CCS(=O)(=O)OS(c1ccccc1)(c1ccccc1)c1ccc(C)cc1. The molecule has 0 aliphatic carbocycles. The van der Waals surface area contributed by atoms with Gasteiger partial charge in [0.15, 0.2) is 0 Å². The first-order valence-electron chi connectivity index (χ1n) is 8.42. The lowest BCUT2D eigenvalue weighted by Crippen LogP contribution is -2.15. The smallest absolute Gasteiger partial charge is 0.207 e. The summed E-state index contributed by atoms with van der Waals surface area (Å²) in [4.78, 5) is 2.57. The van der Waals surface area contributed by atoms with E-state index in [1.54, 1.807) is 6.92 Å². The Hall–Kier alpha value is -2.08. The zero-order valence-corrected chi connectivity index (χ0v) is 16.5. The minimum Gasteiger partial charge on any atom is -0.207 e. The molecule has 0 atom stereocenters. The van der Waals surface area contributed by atoms with Gasteiger partial charge < -0.3 is 0 Å². The standard InChI is InChI=1S/C21H22O3S2/c1-3-25(22,23)24-26(19-10-6-4-7-11-19,20-12-8-5-9-13-20)21-16-14-18(2)15-17-21/h4-17H,3H2,1-2H3. The zero-order chi connectivity index (χ0) is 18.6. The van der Waals surface area contributed by atoms with E-state index in [-0.39, 0.29) is 5.75 Å². The molecule has 0 radical (unpaired) electrons. The summed E-state index contributed by atoms with van der Waals surface area (Å²) in [6.07, 6.45) is 0. The second-order valence-corrected chi connectivity index (χ2v) is 10.7. The van der Waals surface area contributed by atoms with Gasteiger partial charge >= 0.3 is 0 Å². The molecule has 0 aliphatic rings. The molecule has 26 heavy (non-hydrogen) atoms. The van der Waals surface area contributed by atoms with E-state index in [9.17, 15) is 8.42 Å². The molecule has 3 rings (SSSR count). The van der Waals surface area contributed by atoms with Gasteiger partial charge in [0, 0.05) is 14.7 Å². The van der Waals surface area contributed by atoms with Crippen molar-refractivity contribution in [1.82, 2.24) is 0 Å². The molecule has 0 unspecified atom stereocenters. The van der Waals surface area contributed by atoms with Crippen LogP contribution < -0.4 is 0 Å². The Morgan fingerprint density at radius 1 is 0.692 bits per heavy atom. The molecule has 0 aromatic heterocycles. The van der Waals surface area contributed by atoms with Crippen molar-refractivity contribution in [3.8, 4) is 0 Å². The van der Waals surface area contributed by atoms with Crippen LogP contribution in [-0.4, -0.2) is 14.2 Å². The Morgan fingerprint density at radius 3 is 1.54 bits per heavy atom. The lowest BCUT2D eigenvalue weighted by atomic mass is 10.2. The van der Waals surface area contributed by atoms with Crippen LogP contribution in [0, 0.1) is 6.92 Å². The largest absolute Gasteiger partial charge is 0.277 e. The van der Waals surface area contributed by atoms with E-state index < -0.39 is 20.4 Å². The van der Waals surface area contributed by atoms with E-state index in [0.717, 1.165) is 20.2 Å². The van der Waals surface area contributed by atoms with E-state index in [4.69, 9.17) is 3.63 Å². The van der Waals surface area contributed by atoms with Crippen LogP contribution >= 0.6 is 10.3 Å². The summed E-state index contributed by atoms with van der Waals surface area (Å²) in [5, 5.41) is 0. The van der Waals surface area contributed by atoms with Crippen molar-refractivity contribution in [2.75, 3.05) is 5.75 Å². The fourth-order valence-corrected chi connectivity index (χ4v) is 7.67. The van der Waals surface area contributed by atoms with Gasteiger partial charge in [-0.3, -0.25) is 0 Å². The third-order valence-electron chi connectivity index (χ3n) is 4.06. The van der Waals surface area contributed by atoms with Crippen molar-refractivity contribution < 1.29 is 12.0 Å². The molecule has 0 heterocycles. The molecule has 0 bridgehead atoms. The maximum absolute atomic E-state index is 12.6. The number of benzene rings is 3. The van der Waals surface area contributed by atoms with Gasteiger partial charge in [-0.25, -0.2) is 3.63 Å². The molecule has 3 aromatic carbocycles. The van der Waals surface area contributed by atoms with Crippen LogP contribution in [0.5, 0.6) is 0 Å². The summed E-state index contributed by atoms with van der Waals surface area (Å²) in [5.74, 6) is -0.0761. The van der Waals surface area contributed by atoms with E-state index in [0.29, 0.717) is 0 Å². The summed E-state index contributed by atoms with van der Waals surface area (Å²) >= 11 is 0. The Kier molecular flexibility index (Phi) is 5.51. The minimum absolute atomic E-state index is 0.0761. The molecule has 0 amide bonds. The molecule has 3 aromatic rings. The normalized spacial score (nSPS) is 12.7. The van der Waals surface area contributed by atoms with Crippen LogP contribution in [0.2, 0.25) is 0 Å². The van der Waals surface area contributed by atoms with Crippen LogP contribution in [0.15, 0.2) is 99.6 Å². The monoisotopic (exact) mass is 386 g/mol. The first-order valence-corrected chi connectivity index (χ1v) is 11.6. The van der Waals surface area contributed by atoms with Gasteiger partial charge in [-0.15, -0.1) is 0 Å². The van der Waals surface area contributed by atoms with Gasteiger partial charge in [0.2, 0.25) is 0 Å². The fraction of sp³-hybridized carbons (Fsp3) is 0.143. The molecule has 0 saturated carbocycles. The highest BCUT2D eigenvalue weighted by atomic mass is 32.3. The summed E-state index contributed by atoms with van der Waals surface area (Å²) in [7, 11) is -6.10. The van der Waals surface area contributed by atoms with E-state index >= 15 is 0 Å². The Morgan fingerprint density at radius 2 is 1.12 bits per heavy atom. The van der Waals surface area contributed by atoms with E-state index in [1.165, 1.54) is 0 Å². The van der Waals surface area contributed by atoms with Crippen LogP contribution in [0.4, 0.5) is 0 Å². The molecule has 0 N–H and O–H groups in total. The summed E-state index contributed by atoms with van der Waals surface area (Å²) < 4.78 is 31.2. The van der Waals surface area contributed by atoms with Crippen molar-refractivity contribution in [2.45, 2.75) is 28.5 Å². The fourth-order valence-electron chi connectivity index (χ4n) is 2.68. The van der Waals surface area contributed by atoms with Gasteiger partial charge in [0.1, 0.15) is 0 Å². The molecule has 0 saturated heterocycles. The van der Waals surface area contributed by atoms with Crippen LogP contribution in [-0.2, 0) is 13.7 Å². The van der Waals surface area contributed by atoms with Gasteiger partial charge in [-0.1, -0.05) is 54.1 Å². The highest BCUT2D eigenvalue weighted by Gasteiger charge is 2.36. The Labute approximate surface area is 157 Å². The van der Waals surface area contributed by atoms with Gasteiger partial charge in [-0.05, 0) is 60.6 Å². The maximum atomic E-state index is 12.6. The van der Waals surface area contributed by atoms with E-state index in [2.05, 4.69) is 0 Å². The first-order chi connectivity index (χ1) is 12.5. The Balaban J connectivity index is 2.36. The highest BCUT2D eigenvalue weighted by Crippen LogP contribution is 2.69. The van der Waals surface area contributed by atoms with Crippen molar-refractivity contribution in [3.05, 3.63) is 90.5 Å². The first kappa shape index (κ1) is 18.7. The quantitative estimate of drug-likeness (QED) is 0.557. The predicted octanol–water partition coefficient (Wildman–Crippen LogP) is 5.56. The van der Waals surface area contributed by atoms with Gasteiger partial charge in [-0.2, -0.15) is 8.42 Å². The minimum atomic E-state index is -3.69. The van der Waals surface area contributed by atoms with Crippen LogP contribution in [0.3, 0.4) is 0 Å². The van der Waals surface area contributed by atoms with Crippen LogP contribution in [0.25, 0.3) is 0 Å². The van der Waals surface area contributed by atoms with Crippen molar-refractivity contribution in [1.29, 1.82) is 0 Å². The van der Waals surface area contributed by atoms with Crippen molar-refractivity contribution in [3.63, 3.8) is 0 Å². The second-order valence-electron chi connectivity index (χ2n) is 5.91. The molecule has 0 spiro atoms. The van der Waals surface area contributed by atoms with Gasteiger partial charge in [0.25, 0.3) is 10.1 Å². The highest BCUT2D eigenvalue weighted by molar-refractivity contribution is 8.33. The number of hydrogen-bond acceptors (Lipinski definition) is 3. The van der Waals surface area contributed by atoms with E-state index in [1.807, 2.05) is 91.9 Å². The lowest BCUT2D eigenvalue weighted by Gasteiger charge is -2.39. The van der Waals surface area contributed by atoms with Crippen LogP contribution in [0.1, 0.15) is 12.5 Å². The second kappa shape index (κ2) is 7.66. The maximum Gasteiger partial charge on any atom is 0.277 e. The third-order valence-corrected chi connectivity index (χ3v) is 9.22. The molecular weight excluding hydrogens is 364 g/mol. The molecule has 5 heteroatoms. The molecular formula is C21H22O3S2. The van der Waals surface area contributed by atoms with Crippen molar-refractivity contribution >= 4 is 20.4 Å². The lowest BCUT2D eigenvalue weighted by molar-refractivity contribution is 0.510. The Bertz CT molecular complexity index is 912. The molecule has 136 valence electrons. The third kappa shape index (κ3) is 3.70. The predicted molar refractivity (Wildman–Crippen MR) is 107 cm³/mol.